The third kappa shape index (κ3) is 8.69. The van der Waals surface area contributed by atoms with Crippen molar-refractivity contribution >= 4 is 61.4 Å². The normalized spacial score (nSPS) is 19.9. The highest BCUT2D eigenvalue weighted by molar-refractivity contribution is 5.88. The van der Waals surface area contributed by atoms with Gasteiger partial charge >= 0.3 is 0 Å². The Morgan fingerprint density at radius 2 is 0.914 bits per heavy atom. The van der Waals surface area contributed by atoms with Gasteiger partial charge in [0.15, 0.2) is 0 Å². The first-order valence-corrected chi connectivity index (χ1v) is 24.9. The predicted molar refractivity (Wildman–Crippen MR) is 298 cm³/mol. The Hall–Kier alpha value is -8.34. The van der Waals surface area contributed by atoms with E-state index in [2.05, 4.69) is 287 Å². The number of anilines is 7. The molecule has 5 aliphatic rings. The number of rotatable bonds is 12. The standard InChI is InChI=1S/C66H56N4/c1-4-22-55(23-5-1)68(64-31-28-49-16-10-13-19-52(49)46-64)61-40-34-58(35-41-61)67(59-36-42-62(43-37-59)69(56-24-6-2-7-25-56)65-32-29-50-17-11-14-20-53(50)47-65)60-38-44-63(45-39-60)70(57-26-8-3-9-27-57)66-33-30-51-18-12-15-21-54(51)48-66/h1-24,26,28-44,47-48,52,56-57,63H,25,27,45-46H2. The second kappa shape index (κ2) is 19.3. The van der Waals surface area contributed by atoms with Gasteiger partial charge in [-0.1, -0.05) is 170 Å². The maximum absolute atomic E-state index is 2.62. The maximum atomic E-state index is 2.62. The number of benzene rings is 7. The van der Waals surface area contributed by atoms with E-state index in [9.17, 15) is 0 Å². The fourth-order valence-electron chi connectivity index (χ4n) is 11.0. The lowest BCUT2D eigenvalue weighted by atomic mass is 9.86. The van der Waals surface area contributed by atoms with Crippen molar-refractivity contribution in [3.63, 3.8) is 0 Å². The lowest BCUT2D eigenvalue weighted by molar-refractivity contribution is 0.614. The van der Waals surface area contributed by atoms with Crippen LogP contribution in [0.15, 0.2) is 284 Å². The Bertz CT molecular complexity index is 3360. The van der Waals surface area contributed by atoms with Gasteiger partial charge in [0.2, 0.25) is 0 Å². The Kier molecular flexibility index (Phi) is 11.9. The Morgan fingerprint density at radius 1 is 0.371 bits per heavy atom. The van der Waals surface area contributed by atoms with Crippen molar-refractivity contribution in [2.24, 2.45) is 5.92 Å². The first-order valence-electron chi connectivity index (χ1n) is 24.9. The molecule has 7 aromatic rings. The zero-order chi connectivity index (χ0) is 46.6. The van der Waals surface area contributed by atoms with Crippen LogP contribution in [0.1, 0.15) is 25.7 Å². The minimum Gasteiger partial charge on any atom is -0.358 e. The number of fused-ring (bicyclic) bond motifs is 3. The third-order valence-corrected chi connectivity index (χ3v) is 14.4. The van der Waals surface area contributed by atoms with Crippen molar-refractivity contribution in [1.29, 1.82) is 0 Å². The fraction of sp³-hybridized carbons (Fsp3) is 0.121. The van der Waals surface area contributed by atoms with Crippen LogP contribution in [0.3, 0.4) is 0 Å². The molecule has 70 heavy (non-hydrogen) atoms. The van der Waals surface area contributed by atoms with E-state index >= 15 is 0 Å². The average molecular weight is 905 g/mol. The van der Waals surface area contributed by atoms with E-state index in [4.69, 9.17) is 0 Å². The summed E-state index contributed by atoms with van der Waals surface area (Å²) in [6, 6.07) is 61.0. The van der Waals surface area contributed by atoms with E-state index < -0.39 is 0 Å². The van der Waals surface area contributed by atoms with Gasteiger partial charge in [-0.25, -0.2) is 0 Å². The summed E-state index contributed by atoms with van der Waals surface area (Å²) in [7, 11) is 0. The number of hydrogen-bond donors (Lipinski definition) is 0. The largest absolute Gasteiger partial charge is 0.358 e. The summed E-state index contributed by atoms with van der Waals surface area (Å²) in [5.74, 6) is 0.369. The van der Waals surface area contributed by atoms with Gasteiger partial charge in [-0.15, -0.1) is 0 Å². The van der Waals surface area contributed by atoms with Gasteiger partial charge in [-0.2, -0.15) is 0 Å². The molecule has 0 heterocycles. The molecule has 7 aromatic carbocycles. The van der Waals surface area contributed by atoms with Gasteiger partial charge < -0.3 is 19.6 Å². The van der Waals surface area contributed by atoms with Crippen LogP contribution in [0.4, 0.5) is 39.8 Å². The minimum absolute atomic E-state index is 0.179. The van der Waals surface area contributed by atoms with Crippen LogP contribution < -0.4 is 19.6 Å². The highest BCUT2D eigenvalue weighted by Crippen LogP contribution is 2.42. The molecule has 0 saturated carbocycles. The number of nitrogens with zero attached hydrogens (tertiary/aromatic N) is 4. The van der Waals surface area contributed by atoms with Crippen molar-refractivity contribution in [2.45, 2.75) is 43.8 Å². The highest BCUT2D eigenvalue weighted by Gasteiger charge is 2.28. The number of para-hydroxylation sites is 1. The van der Waals surface area contributed by atoms with Gasteiger partial charge in [0.1, 0.15) is 0 Å². The zero-order valence-corrected chi connectivity index (χ0v) is 39.3. The lowest BCUT2D eigenvalue weighted by Gasteiger charge is -2.39. The van der Waals surface area contributed by atoms with Crippen molar-refractivity contribution in [3.05, 3.63) is 284 Å². The molecule has 5 aliphatic carbocycles. The minimum atomic E-state index is 0.179. The molecule has 4 nitrogen and oxygen atoms in total. The summed E-state index contributed by atoms with van der Waals surface area (Å²) in [5.41, 5.74) is 11.9. The smallest absolute Gasteiger partial charge is 0.0559 e. The Morgan fingerprint density at radius 3 is 1.56 bits per heavy atom. The molecule has 0 N–H and O–H groups in total. The van der Waals surface area contributed by atoms with E-state index in [1.165, 1.54) is 44.2 Å². The summed E-state index contributed by atoms with van der Waals surface area (Å²) in [5, 5.41) is 5.02. The van der Waals surface area contributed by atoms with Crippen molar-refractivity contribution in [2.75, 3.05) is 19.6 Å². The second-order valence-electron chi connectivity index (χ2n) is 18.8. The van der Waals surface area contributed by atoms with Gasteiger partial charge in [0, 0.05) is 57.1 Å². The SMILES string of the molecule is C1=CCC(N(c2ccc(N(C3=CCC(N(c4ccc5ccccc5c4)C4C=CC=CC4)C=C3)c3ccc(N(C4=CC=C5C=CC=CC5C4)c4ccccc4)cc3)cc2)c2ccc3ccccc3c2)C=C1. The van der Waals surface area contributed by atoms with Crippen molar-refractivity contribution in [1.82, 2.24) is 0 Å². The van der Waals surface area contributed by atoms with E-state index in [0.29, 0.717) is 5.92 Å². The molecule has 12 rings (SSSR count). The Labute approximate surface area is 412 Å². The van der Waals surface area contributed by atoms with Crippen LogP contribution in [-0.4, -0.2) is 18.1 Å². The number of allylic oxidation sites excluding steroid dienone is 13. The molecular formula is C66H56N4. The topological polar surface area (TPSA) is 13.0 Å². The third-order valence-electron chi connectivity index (χ3n) is 14.4. The van der Waals surface area contributed by atoms with Gasteiger partial charge in [-0.05, 0) is 150 Å². The molecule has 0 amide bonds. The van der Waals surface area contributed by atoms with Crippen LogP contribution >= 0.6 is 0 Å². The van der Waals surface area contributed by atoms with Gasteiger partial charge in [0.05, 0.1) is 18.1 Å². The van der Waals surface area contributed by atoms with Crippen LogP contribution in [0, 0.1) is 5.92 Å². The first-order chi connectivity index (χ1) is 34.7. The van der Waals surface area contributed by atoms with E-state index in [-0.39, 0.29) is 18.1 Å². The molecular weight excluding hydrogens is 849 g/mol. The summed E-state index contributed by atoms with van der Waals surface area (Å²) < 4.78 is 0. The maximum Gasteiger partial charge on any atom is 0.0559 e. The average Bonchev–Trinajstić information content (AvgIpc) is 3.43. The van der Waals surface area contributed by atoms with Gasteiger partial charge in [0.25, 0.3) is 0 Å². The molecule has 4 unspecified atom stereocenters. The fourth-order valence-corrected chi connectivity index (χ4v) is 11.0. The zero-order valence-electron chi connectivity index (χ0n) is 39.3. The molecule has 0 saturated heterocycles. The summed E-state index contributed by atoms with van der Waals surface area (Å²) in [6.45, 7) is 0. The predicted octanol–water partition coefficient (Wildman–Crippen LogP) is 16.9. The molecule has 4 heteroatoms. The van der Waals surface area contributed by atoms with E-state index in [1.54, 1.807) is 0 Å². The lowest BCUT2D eigenvalue weighted by Crippen LogP contribution is -2.42. The summed E-state index contributed by atoms with van der Waals surface area (Å²) in [6.07, 6.45) is 42.4. The first kappa shape index (κ1) is 43.0. The van der Waals surface area contributed by atoms with Crippen molar-refractivity contribution < 1.29 is 0 Å². The molecule has 0 bridgehead atoms. The van der Waals surface area contributed by atoms with Crippen LogP contribution in [0.25, 0.3) is 21.5 Å². The van der Waals surface area contributed by atoms with Crippen LogP contribution in [0.2, 0.25) is 0 Å². The van der Waals surface area contributed by atoms with Crippen LogP contribution in [-0.2, 0) is 0 Å². The molecule has 0 spiro atoms. The highest BCUT2D eigenvalue weighted by atomic mass is 15.2. The van der Waals surface area contributed by atoms with Crippen molar-refractivity contribution in [3.8, 4) is 0 Å². The molecule has 0 radical (unpaired) electrons. The molecule has 340 valence electrons. The molecule has 0 aromatic heterocycles. The molecule has 0 fully saturated rings. The van der Waals surface area contributed by atoms with Gasteiger partial charge in [-0.3, -0.25) is 0 Å². The van der Waals surface area contributed by atoms with Crippen LogP contribution in [0.5, 0.6) is 0 Å². The van der Waals surface area contributed by atoms with E-state index in [0.717, 1.165) is 59.8 Å². The quantitative estimate of drug-likeness (QED) is 0.121. The summed E-state index contributed by atoms with van der Waals surface area (Å²) in [4.78, 5) is 9.98. The monoisotopic (exact) mass is 904 g/mol. The Balaban J connectivity index is 0.917. The number of hydrogen-bond acceptors (Lipinski definition) is 4. The second-order valence-corrected chi connectivity index (χ2v) is 18.8. The van der Waals surface area contributed by atoms with E-state index in [1.807, 2.05) is 0 Å². The molecule has 0 aliphatic heterocycles. The summed E-state index contributed by atoms with van der Waals surface area (Å²) >= 11 is 0. The molecule has 4 atom stereocenters.